The van der Waals surface area contributed by atoms with Crippen LogP contribution in [-0.2, 0) is 22.9 Å². The number of methoxy groups -OCH3 is 1. The predicted octanol–water partition coefficient (Wildman–Crippen LogP) is 5.31. The molecule has 0 unspecified atom stereocenters. The maximum absolute atomic E-state index is 12.9. The quantitative estimate of drug-likeness (QED) is 0.679. The molecule has 1 aliphatic rings. The van der Waals surface area contributed by atoms with Crippen molar-refractivity contribution in [1.82, 2.24) is 4.72 Å². The van der Waals surface area contributed by atoms with Crippen LogP contribution in [0.5, 0.6) is 5.75 Å². The average Bonchev–Trinajstić information content (AvgIpc) is 2.67. The van der Waals surface area contributed by atoms with E-state index in [2.05, 4.69) is 16.9 Å². The van der Waals surface area contributed by atoms with Gasteiger partial charge in [0.1, 0.15) is 15.7 Å². The Labute approximate surface area is 170 Å². The Hall–Kier alpha value is -1.27. The normalized spacial score (nSPS) is 15.3. The van der Waals surface area contributed by atoms with Gasteiger partial charge < -0.3 is 4.74 Å². The summed E-state index contributed by atoms with van der Waals surface area (Å²) in [5.74, 6) is 0.336. The fraction of sp³-hybridized carbons (Fsp3) is 0.400. The molecule has 0 aliphatic heterocycles. The Kier molecular flexibility index (Phi) is 6.36. The topological polar surface area (TPSA) is 55.4 Å². The van der Waals surface area contributed by atoms with Crippen molar-refractivity contribution in [3.8, 4) is 5.75 Å². The van der Waals surface area contributed by atoms with Crippen LogP contribution in [0.3, 0.4) is 0 Å². The largest absolute Gasteiger partial charge is 0.495 e. The standard InChI is InChI=1S/C20H23Cl2NO3S/c1-3-16(15-9-8-13-6-4-5-7-14(13)12-15)23-27(24,25)18-11-10-17(26-2)19(21)20(18)22/h8-12,16,23H,3-7H2,1-2H3/t16-/m0/s1. The fourth-order valence-electron chi connectivity index (χ4n) is 3.49. The Morgan fingerprint density at radius 2 is 1.78 bits per heavy atom. The molecule has 1 N–H and O–H groups in total. The van der Waals surface area contributed by atoms with Crippen LogP contribution in [0.4, 0.5) is 0 Å². The number of ether oxygens (including phenoxy) is 1. The minimum atomic E-state index is -3.84. The van der Waals surface area contributed by atoms with Crippen LogP contribution >= 0.6 is 23.2 Å². The van der Waals surface area contributed by atoms with Crippen LogP contribution < -0.4 is 9.46 Å². The Bertz CT molecular complexity index is 944. The molecule has 0 fully saturated rings. The summed E-state index contributed by atoms with van der Waals surface area (Å²) in [4.78, 5) is -0.0497. The van der Waals surface area contributed by atoms with E-state index in [-0.39, 0.29) is 21.0 Å². The van der Waals surface area contributed by atoms with Crippen LogP contribution in [0.15, 0.2) is 35.2 Å². The monoisotopic (exact) mass is 427 g/mol. The van der Waals surface area contributed by atoms with Crippen molar-refractivity contribution in [3.05, 3.63) is 57.1 Å². The number of hydrogen-bond donors (Lipinski definition) is 1. The third kappa shape index (κ3) is 4.27. The smallest absolute Gasteiger partial charge is 0.242 e. The van der Waals surface area contributed by atoms with E-state index in [9.17, 15) is 8.42 Å². The Morgan fingerprint density at radius 3 is 2.44 bits per heavy atom. The van der Waals surface area contributed by atoms with Crippen LogP contribution in [0.1, 0.15) is 48.9 Å². The van der Waals surface area contributed by atoms with Gasteiger partial charge in [0.2, 0.25) is 10.0 Å². The number of rotatable bonds is 6. The van der Waals surface area contributed by atoms with Crippen molar-refractivity contribution in [1.29, 1.82) is 0 Å². The lowest BCUT2D eigenvalue weighted by Gasteiger charge is -2.22. The highest BCUT2D eigenvalue weighted by Gasteiger charge is 2.25. The van der Waals surface area contributed by atoms with Gasteiger partial charge >= 0.3 is 0 Å². The third-order valence-electron chi connectivity index (χ3n) is 5.00. The van der Waals surface area contributed by atoms with Crippen molar-refractivity contribution in [2.24, 2.45) is 0 Å². The van der Waals surface area contributed by atoms with Crippen LogP contribution in [0.25, 0.3) is 0 Å². The van der Waals surface area contributed by atoms with Crippen molar-refractivity contribution < 1.29 is 13.2 Å². The van der Waals surface area contributed by atoms with Crippen LogP contribution in [-0.4, -0.2) is 15.5 Å². The summed E-state index contributed by atoms with van der Waals surface area (Å²) < 4.78 is 33.7. The van der Waals surface area contributed by atoms with Gasteiger partial charge in [0.25, 0.3) is 0 Å². The van der Waals surface area contributed by atoms with Gasteiger partial charge in [-0.2, -0.15) is 0 Å². The summed E-state index contributed by atoms with van der Waals surface area (Å²) in [6.45, 7) is 1.95. The second-order valence-electron chi connectivity index (χ2n) is 6.71. The Morgan fingerprint density at radius 1 is 1.07 bits per heavy atom. The summed E-state index contributed by atoms with van der Waals surface area (Å²) in [5.41, 5.74) is 3.66. The molecule has 2 aromatic rings. The highest BCUT2D eigenvalue weighted by Crippen LogP contribution is 2.37. The van der Waals surface area contributed by atoms with E-state index in [0.717, 1.165) is 18.4 Å². The zero-order chi connectivity index (χ0) is 19.6. The van der Waals surface area contributed by atoms with Crippen molar-refractivity contribution in [2.45, 2.75) is 50.0 Å². The number of fused-ring (bicyclic) bond motifs is 1. The molecule has 0 saturated carbocycles. The average molecular weight is 428 g/mol. The number of benzene rings is 2. The molecule has 0 bridgehead atoms. The van der Waals surface area contributed by atoms with E-state index in [0.29, 0.717) is 12.2 Å². The van der Waals surface area contributed by atoms with Crippen molar-refractivity contribution in [3.63, 3.8) is 0 Å². The molecule has 0 radical (unpaired) electrons. The summed E-state index contributed by atoms with van der Waals surface area (Å²) in [5, 5.41) is 0.0488. The molecule has 0 saturated heterocycles. The first kappa shape index (κ1) is 20.5. The molecule has 7 heteroatoms. The van der Waals surface area contributed by atoms with E-state index in [1.54, 1.807) is 0 Å². The molecule has 3 rings (SSSR count). The van der Waals surface area contributed by atoms with Crippen molar-refractivity contribution in [2.75, 3.05) is 7.11 Å². The molecule has 27 heavy (non-hydrogen) atoms. The molecule has 0 aromatic heterocycles. The molecule has 2 aromatic carbocycles. The molecule has 0 amide bonds. The molecule has 1 atom stereocenters. The second-order valence-corrected chi connectivity index (χ2v) is 9.15. The molecule has 146 valence electrons. The molecular weight excluding hydrogens is 405 g/mol. The summed E-state index contributed by atoms with van der Waals surface area (Å²) in [6, 6.07) is 8.85. The van der Waals surface area contributed by atoms with Gasteiger partial charge in [-0.05, 0) is 60.9 Å². The SMILES string of the molecule is CC[C@H](NS(=O)(=O)c1ccc(OC)c(Cl)c1Cl)c1ccc2c(c1)CCCC2. The maximum atomic E-state index is 12.9. The summed E-state index contributed by atoms with van der Waals surface area (Å²) in [7, 11) is -2.39. The molecule has 4 nitrogen and oxygen atoms in total. The third-order valence-corrected chi connectivity index (χ3v) is 7.49. The molecule has 1 aliphatic carbocycles. The molecule has 0 spiro atoms. The van der Waals surface area contributed by atoms with E-state index in [4.69, 9.17) is 27.9 Å². The highest BCUT2D eigenvalue weighted by molar-refractivity contribution is 7.89. The fourth-order valence-corrected chi connectivity index (χ4v) is 5.64. The van der Waals surface area contributed by atoms with Crippen LogP contribution in [0, 0.1) is 0 Å². The lowest BCUT2D eigenvalue weighted by molar-refractivity contribution is 0.414. The number of aryl methyl sites for hydroxylation is 2. The number of nitrogens with one attached hydrogen (secondary N) is 1. The first-order valence-electron chi connectivity index (χ1n) is 9.03. The zero-order valence-corrected chi connectivity index (χ0v) is 17.7. The summed E-state index contributed by atoms with van der Waals surface area (Å²) in [6.07, 6.45) is 5.16. The minimum absolute atomic E-state index is 0.0381. The molecular formula is C20H23Cl2NO3S. The van der Waals surface area contributed by atoms with Gasteiger partial charge in [-0.1, -0.05) is 48.3 Å². The first-order valence-corrected chi connectivity index (χ1v) is 11.3. The lowest BCUT2D eigenvalue weighted by Crippen LogP contribution is -2.29. The van der Waals surface area contributed by atoms with Gasteiger partial charge in [-0.3, -0.25) is 0 Å². The van der Waals surface area contributed by atoms with Gasteiger partial charge in [0.05, 0.1) is 12.1 Å². The first-order chi connectivity index (χ1) is 12.9. The van der Waals surface area contributed by atoms with Crippen LogP contribution in [0.2, 0.25) is 10.0 Å². The van der Waals surface area contributed by atoms with Gasteiger partial charge in [0.15, 0.2) is 0 Å². The summed E-state index contributed by atoms with van der Waals surface area (Å²) >= 11 is 12.3. The second kappa shape index (κ2) is 8.39. The number of sulfonamides is 1. The maximum Gasteiger partial charge on any atom is 0.242 e. The zero-order valence-electron chi connectivity index (χ0n) is 15.4. The van der Waals surface area contributed by atoms with E-state index in [1.165, 1.54) is 43.2 Å². The lowest BCUT2D eigenvalue weighted by atomic mass is 9.89. The van der Waals surface area contributed by atoms with Gasteiger partial charge in [-0.15, -0.1) is 0 Å². The van der Waals surface area contributed by atoms with E-state index >= 15 is 0 Å². The van der Waals surface area contributed by atoms with Gasteiger partial charge in [0, 0.05) is 6.04 Å². The number of hydrogen-bond acceptors (Lipinski definition) is 3. The van der Waals surface area contributed by atoms with Gasteiger partial charge in [-0.25, -0.2) is 13.1 Å². The minimum Gasteiger partial charge on any atom is -0.495 e. The molecule has 0 heterocycles. The predicted molar refractivity (Wildman–Crippen MR) is 109 cm³/mol. The highest BCUT2D eigenvalue weighted by atomic mass is 35.5. The van der Waals surface area contributed by atoms with Crippen molar-refractivity contribution >= 4 is 33.2 Å². The van der Waals surface area contributed by atoms with E-state index < -0.39 is 10.0 Å². The van der Waals surface area contributed by atoms with E-state index in [1.807, 2.05) is 13.0 Å². The number of halogens is 2. The Balaban J connectivity index is 1.91.